The molecule has 0 aliphatic carbocycles. The Morgan fingerprint density at radius 2 is 1.37 bits per heavy atom. The lowest BCUT2D eigenvalue weighted by molar-refractivity contribution is -0.143. The van der Waals surface area contributed by atoms with Crippen molar-refractivity contribution in [2.75, 3.05) is 26.2 Å². The van der Waals surface area contributed by atoms with E-state index in [4.69, 9.17) is 15.2 Å². The Bertz CT molecular complexity index is 696. The summed E-state index contributed by atoms with van der Waals surface area (Å²) in [6.45, 7) is 11.1. The van der Waals surface area contributed by atoms with E-state index in [2.05, 4.69) is 0 Å². The molecule has 2 unspecified atom stereocenters. The van der Waals surface area contributed by atoms with Crippen LogP contribution >= 0.6 is 0 Å². The number of carbonyl (C=O) groups is 4. The van der Waals surface area contributed by atoms with Crippen molar-refractivity contribution in [1.82, 2.24) is 14.7 Å². The van der Waals surface area contributed by atoms with E-state index in [1.165, 1.54) is 14.7 Å². The van der Waals surface area contributed by atoms with E-state index in [0.29, 0.717) is 19.4 Å². The first-order valence-electron chi connectivity index (χ1n) is 10.3. The van der Waals surface area contributed by atoms with Crippen molar-refractivity contribution in [3.63, 3.8) is 0 Å². The summed E-state index contributed by atoms with van der Waals surface area (Å²) in [4.78, 5) is 54.6. The maximum Gasteiger partial charge on any atom is 0.411 e. The Morgan fingerprint density at radius 3 is 1.90 bits per heavy atom. The van der Waals surface area contributed by atoms with Crippen LogP contribution < -0.4 is 5.73 Å². The fourth-order valence-electron chi connectivity index (χ4n) is 3.54. The van der Waals surface area contributed by atoms with Gasteiger partial charge in [-0.1, -0.05) is 0 Å². The monoisotopic (exact) mass is 426 g/mol. The number of carbonyl (C=O) groups excluding carboxylic acids is 4. The Balaban J connectivity index is 2.26. The predicted molar refractivity (Wildman–Crippen MR) is 108 cm³/mol. The molecule has 10 nitrogen and oxygen atoms in total. The molecule has 30 heavy (non-hydrogen) atoms. The number of ether oxygens (including phenoxy) is 2. The highest BCUT2D eigenvalue weighted by Crippen LogP contribution is 2.24. The molecule has 170 valence electrons. The second-order valence-corrected chi connectivity index (χ2v) is 9.71. The smallest absolute Gasteiger partial charge is 0.411 e. The predicted octanol–water partition coefficient (Wildman–Crippen LogP) is 1.32. The van der Waals surface area contributed by atoms with Gasteiger partial charge in [-0.05, 0) is 54.4 Å². The summed E-state index contributed by atoms with van der Waals surface area (Å²) in [6.07, 6.45) is -0.0684. The molecule has 0 aromatic carbocycles. The van der Waals surface area contributed by atoms with E-state index in [1.54, 1.807) is 41.5 Å². The minimum absolute atomic E-state index is 0.0467. The summed E-state index contributed by atoms with van der Waals surface area (Å²) in [6, 6.07) is -1.70. The van der Waals surface area contributed by atoms with Crippen LogP contribution in [0.15, 0.2) is 0 Å². The first kappa shape index (κ1) is 23.8. The maximum atomic E-state index is 13.3. The van der Waals surface area contributed by atoms with Gasteiger partial charge in [0.15, 0.2) is 0 Å². The molecule has 2 fully saturated rings. The van der Waals surface area contributed by atoms with E-state index in [9.17, 15) is 19.2 Å². The molecule has 0 spiro atoms. The Kier molecular flexibility index (Phi) is 6.88. The van der Waals surface area contributed by atoms with E-state index in [-0.39, 0.29) is 19.6 Å². The van der Waals surface area contributed by atoms with Crippen molar-refractivity contribution in [2.45, 2.75) is 77.7 Å². The van der Waals surface area contributed by atoms with Gasteiger partial charge in [0, 0.05) is 19.6 Å². The Hall–Kier alpha value is -2.52. The lowest BCUT2D eigenvalue weighted by Gasteiger charge is -2.42. The van der Waals surface area contributed by atoms with Gasteiger partial charge in [0.1, 0.15) is 23.3 Å². The molecule has 10 heteroatoms. The van der Waals surface area contributed by atoms with Crippen LogP contribution in [-0.2, 0) is 19.1 Å². The van der Waals surface area contributed by atoms with Crippen LogP contribution in [0.25, 0.3) is 0 Å². The van der Waals surface area contributed by atoms with E-state index in [1.807, 2.05) is 0 Å². The molecule has 0 aromatic rings. The Morgan fingerprint density at radius 1 is 0.800 bits per heavy atom. The number of primary amides is 1. The van der Waals surface area contributed by atoms with Crippen molar-refractivity contribution in [3.8, 4) is 0 Å². The molecular weight excluding hydrogens is 392 g/mol. The number of nitrogens with two attached hydrogens (primary N) is 1. The second kappa shape index (κ2) is 8.69. The molecule has 2 heterocycles. The third-order valence-electron chi connectivity index (χ3n) is 4.81. The quantitative estimate of drug-likeness (QED) is 0.710. The lowest BCUT2D eigenvalue weighted by atomic mass is 10.1. The minimum Gasteiger partial charge on any atom is -0.444 e. The normalized spacial score (nSPS) is 22.7. The standard InChI is InChI=1S/C20H34N4O6/c1-19(2,3)29-17(27)22-10-11-24(18(28)30-20(4,5)6)14(12-22)16(26)23-9-7-8-13(23)15(21)25/h13-14H,7-12H2,1-6H3,(H2,21,25). The van der Waals surface area contributed by atoms with Gasteiger partial charge in [0.05, 0.1) is 6.54 Å². The Labute approximate surface area is 177 Å². The molecule has 2 N–H and O–H groups in total. The number of likely N-dealkylation sites (tertiary alicyclic amines) is 1. The van der Waals surface area contributed by atoms with Gasteiger partial charge in [-0.3, -0.25) is 14.5 Å². The molecule has 0 radical (unpaired) electrons. The SMILES string of the molecule is CC(C)(C)OC(=O)N1CCN(C(=O)OC(C)(C)C)C(C(=O)N2CCCC2C(N)=O)C1. The third-order valence-corrected chi connectivity index (χ3v) is 4.81. The highest BCUT2D eigenvalue weighted by molar-refractivity contribution is 5.92. The average Bonchev–Trinajstić information content (AvgIpc) is 3.07. The number of rotatable bonds is 2. The first-order valence-corrected chi connectivity index (χ1v) is 10.3. The van der Waals surface area contributed by atoms with Gasteiger partial charge in [0.2, 0.25) is 11.8 Å². The van der Waals surface area contributed by atoms with Crippen LogP contribution in [0.3, 0.4) is 0 Å². The molecule has 2 aliphatic rings. The zero-order valence-electron chi connectivity index (χ0n) is 18.8. The van der Waals surface area contributed by atoms with E-state index in [0.717, 1.165) is 0 Å². The molecule has 2 saturated heterocycles. The van der Waals surface area contributed by atoms with Gasteiger partial charge in [-0.2, -0.15) is 0 Å². The van der Waals surface area contributed by atoms with Gasteiger partial charge in [0.25, 0.3) is 0 Å². The van der Waals surface area contributed by atoms with Gasteiger partial charge >= 0.3 is 12.2 Å². The topological polar surface area (TPSA) is 122 Å². The highest BCUT2D eigenvalue weighted by atomic mass is 16.6. The molecule has 2 aliphatic heterocycles. The number of hydrogen-bond donors (Lipinski definition) is 1. The fourth-order valence-corrected chi connectivity index (χ4v) is 3.54. The summed E-state index contributed by atoms with van der Waals surface area (Å²) in [5.74, 6) is -1.00. The summed E-state index contributed by atoms with van der Waals surface area (Å²) in [5, 5.41) is 0. The summed E-state index contributed by atoms with van der Waals surface area (Å²) in [7, 11) is 0. The van der Waals surface area contributed by atoms with E-state index < -0.39 is 47.3 Å². The van der Waals surface area contributed by atoms with Crippen molar-refractivity contribution in [2.24, 2.45) is 5.73 Å². The molecular formula is C20H34N4O6. The van der Waals surface area contributed by atoms with Crippen LogP contribution in [0.5, 0.6) is 0 Å². The number of piperazine rings is 1. The first-order chi connectivity index (χ1) is 13.7. The van der Waals surface area contributed by atoms with Crippen LogP contribution in [0, 0.1) is 0 Å². The number of nitrogens with zero attached hydrogens (tertiary/aromatic N) is 3. The zero-order chi connectivity index (χ0) is 22.9. The van der Waals surface area contributed by atoms with E-state index >= 15 is 0 Å². The summed E-state index contributed by atoms with van der Waals surface area (Å²) < 4.78 is 10.9. The second-order valence-electron chi connectivity index (χ2n) is 9.71. The number of hydrogen-bond acceptors (Lipinski definition) is 6. The number of amides is 4. The van der Waals surface area contributed by atoms with Crippen molar-refractivity contribution < 1.29 is 28.7 Å². The highest BCUT2D eigenvalue weighted by Gasteiger charge is 2.44. The van der Waals surface area contributed by atoms with Crippen molar-refractivity contribution in [3.05, 3.63) is 0 Å². The molecule has 4 amide bonds. The molecule has 2 atom stereocenters. The molecule has 2 rings (SSSR count). The minimum atomic E-state index is -0.985. The molecule has 0 bridgehead atoms. The van der Waals surface area contributed by atoms with Gasteiger partial charge in [-0.15, -0.1) is 0 Å². The van der Waals surface area contributed by atoms with Crippen LogP contribution in [0.4, 0.5) is 9.59 Å². The average molecular weight is 427 g/mol. The maximum absolute atomic E-state index is 13.3. The largest absolute Gasteiger partial charge is 0.444 e. The van der Waals surface area contributed by atoms with Gasteiger partial charge < -0.3 is 25.0 Å². The lowest BCUT2D eigenvalue weighted by Crippen LogP contribution is -2.63. The van der Waals surface area contributed by atoms with Crippen LogP contribution in [-0.4, -0.2) is 88.2 Å². The van der Waals surface area contributed by atoms with Crippen molar-refractivity contribution >= 4 is 24.0 Å². The zero-order valence-corrected chi connectivity index (χ0v) is 18.8. The van der Waals surface area contributed by atoms with Crippen molar-refractivity contribution in [1.29, 1.82) is 0 Å². The third kappa shape index (κ3) is 5.99. The fraction of sp³-hybridized carbons (Fsp3) is 0.800. The summed E-state index contributed by atoms with van der Waals surface area (Å²) >= 11 is 0. The summed E-state index contributed by atoms with van der Waals surface area (Å²) in [5.41, 5.74) is 4.03. The van der Waals surface area contributed by atoms with Crippen LogP contribution in [0.2, 0.25) is 0 Å². The van der Waals surface area contributed by atoms with Gasteiger partial charge in [-0.25, -0.2) is 9.59 Å². The molecule has 0 saturated carbocycles. The van der Waals surface area contributed by atoms with Crippen LogP contribution in [0.1, 0.15) is 54.4 Å². The molecule has 0 aromatic heterocycles.